The van der Waals surface area contributed by atoms with E-state index in [2.05, 4.69) is 18.8 Å². The number of halogens is 1. The lowest BCUT2D eigenvalue weighted by molar-refractivity contribution is -0.139. The van der Waals surface area contributed by atoms with Gasteiger partial charge in [0.15, 0.2) is 16.3 Å². The molecule has 0 bridgehead atoms. The van der Waals surface area contributed by atoms with Gasteiger partial charge in [-0.25, -0.2) is 9.79 Å². The van der Waals surface area contributed by atoms with Crippen LogP contribution in [0.1, 0.15) is 56.3 Å². The van der Waals surface area contributed by atoms with Crippen LogP contribution < -0.4 is 24.4 Å². The summed E-state index contributed by atoms with van der Waals surface area (Å²) >= 11 is 7.71. The molecule has 0 saturated carbocycles. The Balaban J connectivity index is 1.69. The van der Waals surface area contributed by atoms with Crippen molar-refractivity contribution >= 4 is 35.0 Å². The smallest absolute Gasteiger partial charge is 0.338 e. The number of rotatable bonds is 5. The molecule has 5 rings (SSSR count). The van der Waals surface area contributed by atoms with E-state index < -0.39 is 12.0 Å². The molecule has 36 heavy (non-hydrogen) atoms. The number of hydrogen-bond acceptors (Lipinski definition) is 7. The van der Waals surface area contributed by atoms with Gasteiger partial charge in [-0.05, 0) is 48.6 Å². The predicted molar refractivity (Wildman–Crippen MR) is 139 cm³/mol. The molecule has 186 valence electrons. The van der Waals surface area contributed by atoms with Crippen molar-refractivity contribution in [2.24, 2.45) is 4.99 Å². The maximum atomic E-state index is 13.8. The number of carbonyl (C=O) groups excluding carboxylic acids is 1. The van der Waals surface area contributed by atoms with Crippen LogP contribution in [0, 0.1) is 0 Å². The first-order valence-electron chi connectivity index (χ1n) is 11.7. The topological polar surface area (TPSA) is 79.1 Å². The van der Waals surface area contributed by atoms with E-state index in [0.29, 0.717) is 48.6 Å². The Morgan fingerprint density at radius 3 is 2.61 bits per heavy atom. The van der Waals surface area contributed by atoms with Crippen LogP contribution in [0.15, 0.2) is 57.5 Å². The van der Waals surface area contributed by atoms with E-state index in [1.54, 1.807) is 36.6 Å². The number of fused-ring (bicyclic) bond motifs is 2. The van der Waals surface area contributed by atoms with Gasteiger partial charge in [-0.2, -0.15) is 0 Å². The number of esters is 1. The van der Waals surface area contributed by atoms with Crippen molar-refractivity contribution in [1.29, 1.82) is 0 Å². The number of ether oxygens (including phenoxy) is 3. The van der Waals surface area contributed by atoms with Gasteiger partial charge < -0.3 is 14.2 Å². The molecule has 0 N–H and O–H groups in total. The molecule has 2 aromatic carbocycles. The molecule has 7 nitrogen and oxygen atoms in total. The summed E-state index contributed by atoms with van der Waals surface area (Å²) < 4.78 is 18.2. The Labute approximate surface area is 216 Å². The second-order valence-electron chi connectivity index (χ2n) is 8.85. The molecule has 0 aliphatic carbocycles. The molecule has 0 amide bonds. The van der Waals surface area contributed by atoms with E-state index >= 15 is 0 Å². The number of carbonyl (C=O) groups is 1. The SMILES string of the molecule is CCOC(=O)C1=C(C)N=c2s/c(=C\c3cc4c(cc3Cl)OCO4)c(=O)n2C1c1ccc(C(C)C)cc1. The number of nitrogens with zero attached hydrogens (tertiary/aromatic N) is 2. The van der Waals surface area contributed by atoms with Gasteiger partial charge >= 0.3 is 5.97 Å². The van der Waals surface area contributed by atoms with E-state index in [-0.39, 0.29) is 19.0 Å². The highest BCUT2D eigenvalue weighted by Crippen LogP contribution is 2.37. The average Bonchev–Trinajstić information content (AvgIpc) is 3.42. The van der Waals surface area contributed by atoms with E-state index in [4.69, 9.17) is 25.8 Å². The maximum Gasteiger partial charge on any atom is 0.338 e. The van der Waals surface area contributed by atoms with Crippen LogP contribution in [0.3, 0.4) is 0 Å². The molecule has 0 saturated heterocycles. The van der Waals surface area contributed by atoms with Gasteiger partial charge in [0, 0.05) is 6.07 Å². The fourth-order valence-electron chi connectivity index (χ4n) is 4.35. The molecule has 2 aliphatic rings. The van der Waals surface area contributed by atoms with Gasteiger partial charge in [-0.3, -0.25) is 9.36 Å². The van der Waals surface area contributed by atoms with E-state index in [0.717, 1.165) is 5.56 Å². The first-order valence-corrected chi connectivity index (χ1v) is 12.9. The first kappa shape index (κ1) is 24.3. The van der Waals surface area contributed by atoms with Crippen molar-refractivity contribution in [3.05, 3.63) is 89.1 Å². The summed E-state index contributed by atoms with van der Waals surface area (Å²) in [6, 6.07) is 10.7. The maximum absolute atomic E-state index is 13.8. The number of benzene rings is 2. The van der Waals surface area contributed by atoms with Gasteiger partial charge in [0.1, 0.15) is 0 Å². The summed E-state index contributed by atoms with van der Waals surface area (Å²) in [6.07, 6.45) is 1.72. The monoisotopic (exact) mass is 524 g/mol. The second kappa shape index (κ2) is 9.59. The van der Waals surface area contributed by atoms with Crippen molar-refractivity contribution in [1.82, 2.24) is 4.57 Å². The van der Waals surface area contributed by atoms with Gasteiger partial charge in [0.2, 0.25) is 6.79 Å². The van der Waals surface area contributed by atoms with E-state index in [1.165, 1.54) is 16.9 Å². The molecule has 1 atom stereocenters. The van der Waals surface area contributed by atoms with E-state index in [1.807, 2.05) is 24.3 Å². The Hall–Kier alpha value is -3.36. The number of aromatic nitrogens is 1. The highest BCUT2D eigenvalue weighted by Gasteiger charge is 2.33. The highest BCUT2D eigenvalue weighted by atomic mass is 35.5. The fourth-order valence-corrected chi connectivity index (χ4v) is 5.60. The molecule has 0 radical (unpaired) electrons. The Kier molecular flexibility index (Phi) is 6.49. The van der Waals surface area contributed by atoms with Gasteiger partial charge in [-0.15, -0.1) is 0 Å². The van der Waals surface area contributed by atoms with Crippen LogP contribution >= 0.6 is 22.9 Å². The van der Waals surface area contributed by atoms with Crippen LogP contribution in [0.2, 0.25) is 5.02 Å². The molecule has 0 spiro atoms. The third kappa shape index (κ3) is 4.24. The van der Waals surface area contributed by atoms with Crippen LogP contribution in [-0.4, -0.2) is 23.9 Å². The lowest BCUT2D eigenvalue weighted by Crippen LogP contribution is -2.39. The van der Waals surface area contributed by atoms with Gasteiger partial charge in [0.05, 0.1) is 33.5 Å². The standard InChI is InChI=1S/C27H25ClN2O5S/c1-5-33-26(32)23-15(4)29-27-30(24(23)17-8-6-16(7-9-17)14(2)3)25(31)22(36-27)11-18-10-20-21(12-19(18)28)35-13-34-20/h6-12,14,24H,5,13H2,1-4H3/b22-11-. The van der Waals surface area contributed by atoms with Gasteiger partial charge in [0.25, 0.3) is 5.56 Å². The Morgan fingerprint density at radius 2 is 1.94 bits per heavy atom. The first-order chi connectivity index (χ1) is 17.3. The van der Waals surface area contributed by atoms with Crippen molar-refractivity contribution in [2.75, 3.05) is 13.4 Å². The Morgan fingerprint density at radius 1 is 1.25 bits per heavy atom. The summed E-state index contributed by atoms with van der Waals surface area (Å²) in [4.78, 5) is 31.9. The predicted octanol–water partition coefficient (Wildman–Crippen LogP) is 4.30. The summed E-state index contributed by atoms with van der Waals surface area (Å²) in [5, 5.41) is 0.439. The molecule has 3 aromatic rings. The zero-order chi connectivity index (χ0) is 25.6. The fraction of sp³-hybridized carbons (Fsp3) is 0.296. The Bertz CT molecular complexity index is 1570. The summed E-state index contributed by atoms with van der Waals surface area (Å²) in [6.45, 7) is 8.11. The van der Waals surface area contributed by atoms with Crippen molar-refractivity contribution < 1.29 is 19.0 Å². The third-order valence-corrected chi connectivity index (χ3v) is 7.52. The van der Waals surface area contributed by atoms with Crippen molar-refractivity contribution in [3.63, 3.8) is 0 Å². The molecule has 1 unspecified atom stereocenters. The van der Waals surface area contributed by atoms with Crippen molar-refractivity contribution in [3.8, 4) is 11.5 Å². The largest absolute Gasteiger partial charge is 0.463 e. The van der Waals surface area contributed by atoms with Crippen LogP contribution in [-0.2, 0) is 9.53 Å². The quantitative estimate of drug-likeness (QED) is 0.465. The molecule has 0 fully saturated rings. The number of allylic oxidation sites excluding steroid dienone is 1. The number of thiazole rings is 1. The lowest BCUT2D eigenvalue weighted by Gasteiger charge is -2.25. The minimum absolute atomic E-state index is 0.128. The molecular formula is C27H25ClN2O5S. The lowest BCUT2D eigenvalue weighted by atomic mass is 9.93. The van der Waals surface area contributed by atoms with E-state index in [9.17, 15) is 9.59 Å². The minimum Gasteiger partial charge on any atom is -0.463 e. The van der Waals surface area contributed by atoms with Crippen LogP contribution in [0.25, 0.3) is 6.08 Å². The molecule has 1 aromatic heterocycles. The normalized spacial score (nSPS) is 16.8. The molecular weight excluding hydrogens is 500 g/mol. The molecule has 9 heteroatoms. The second-order valence-corrected chi connectivity index (χ2v) is 10.3. The minimum atomic E-state index is -0.657. The van der Waals surface area contributed by atoms with Crippen molar-refractivity contribution in [2.45, 2.75) is 39.7 Å². The zero-order valence-electron chi connectivity index (χ0n) is 20.3. The summed E-state index contributed by atoms with van der Waals surface area (Å²) in [5.41, 5.74) is 3.23. The zero-order valence-corrected chi connectivity index (χ0v) is 21.9. The summed E-state index contributed by atoms with van der Waals surface area (Å²) in [5.74, 6) is 1.01. The highest BCUT2D eigenvalue weighted by molar-refractivity contribution is 7.07. The van der Waals surface area contributed by atoms with Crippen LogP contribution in [0.5, 0.6) is 11.5 Å². The third-order valence-electron chi connectivity index (χ3n) is 6.21. The van der Waals surface area contributed by atoms with Gasteiger partial charge in [-0.1, -0.05) is 61.1 Å². The molecule has 2 aliphatic heterocycles. The summed E-state index contributed by atoms with van der Waals surface area (Å²) in [7, 11) is 0. The van der Waals surface area contributed by atoms with Crippen LogP contribution in [0.4, 0.5) is 0 Å². The average molecular weight is 525 g/mol. The molecule has 3 heterocycles. The number of hydrogen-bond donors (Lipinski definition) is 0.